The monoisotopic (exact) mass is 318 g/mol. The molecule has 4 rings (SSSR count). The van der Waals surface area contributed by atoms with Crippen molar-refractivity contribution in [1.29, 1.82) is 0 Å². The zero-order valence-corrected chi connectivity index (χ0v) is 13.8. The first-order chi connectivity index (χ1) is 11.2. The van der Waals surface area contributed by atoms with E-state index in [0.717, 1.165) is 44.2 Å². The Morgan fingerprint density at radius 1 is 1.22 bits per heavy atom. The summed E-state index contributed by atoms with van der Waals surface area (Å²) in [5.41, 5.74) is 0. The lowest BCUT2D eigenvalue weighted by molar-refractivity contribution is -0.134. The van der Waals surface area contributed by atoms with Crippen molar-refractivity contribution in [2.24, 2.45) is 5.92 Å². The van der Waals surface area contributed by atoms with Gasteiger partial charge in [0.25, 0.3) is 0 Å². The van der Waals surface area contributed by atoms with Gasteiger partial charge in [0, 0.05) is 25.0 Å². The highest BCUT2D eigenvalue weighted by molar-refractivity contribution is 5.82. The number of fused-ring (bicyclic) bond motifs is 1. The normalized spacial score (nSPS) is 32.0. The number of piperidine rings is 1. The van der Waals surface area contributed by atoms with Crippen molar-refractivity contribution >= 4 is 5.91 Å². The number of carbonyl (C=O) groups excluding carboxylic acids is 1. The Labute approximate surface area is 137 Å². The summed E-state index contributed by atoms with van der Waals surface area (Å²) >= 11 is 0. The number of hydrogen-bond donors (Lipinski definition) is 1. The highest BCUT2D eigenvalue weighted by atomic mass is 16.5. The number of nitrogens with zero attached hydrogens (tertiary/aromatic N) is 3. The minimum absolute atomic E-state index is 0.0466. The number of rotatable bonds is 2. The van der Waals surface area contributed by atoms with Crippen LogP contribution in [0.25, 0.3) is 0 Å². The molecular formula is C17H26N4O2. The van der Waals surface area contributed by atoms with Crippen LogP contribution in [-0.2, 0) is 4.79 Å². The Balaban J connectivity index is 1.32. The van der Waals surface area contributed by atoms with E-state index in [-0.39, 0.29) is 6.04 Å². The summed E-state index contributed by atoms with van der Waals surface area (Å²) in [5.74, 6) is 2.76. The summed E-state index contributed by atoms with van der Waals surface area (Å²) < 4.78 is 5.29. The summed E-state index contributed by atoms with van der Waals surface area (Å²) in [4.78, 5) is 19.2. The van der Waals surface area contributed by atoms with Gasteiger partial charge < -0.3 is 14.7 Å². The van der Waals surface area contributed by atoms with Crippen LogP contribution in [0.3, 0.4) is 0 Å². The lowest BCUT2D eigenvalue weighted by Gasteiger charge is -2.32. The SMILES string of the molecule is Cc1noc(C2CCN(C(=O)C3CC4CCCCC4N3)CC2)n1. The van der Waals surface area contributed by atoms with Gasteiger partial charge in [-0.05, 0) is 44.9 Å². The van der Waals surface area contributed by atoms with Crippen molar-refractivity contribution in [1.82, 2.24) is 20.4 Å². The summed E-state index contributed by atoms with van der Waals surface area (Å²) in [6.45, 7) is 3.45. The van der Waals surface area contributed by atoms with Gasteiger partial charge in [0.1, 0.15) is 0 Å². The number of aromatic nitrogens is 2. The van der Waals surface area contributed by atoms with Crippen molar-refractivity contribution in [2.45, 2.75) is 69.9 Å². The Morgan fingerprint density at radius 3 is 2.70 bits per heavy atom. The van der Waals surface area contributed by atoms with Gasteiger partial charge in [-0.25, -0.2) is 0 Å². The first-order valence-corrected chi connectivity index (χ1v) is 9.06. The molecule has 1 aliphatic carbocycles. The number of likely N-dealkylation sites (tertiary alicyclic amines) is 1. The van der Waals surface area contributed by atoms with E-state index in [1.165, 1.54) is 25.7 Å². The first kappa shape index (κ1) is 15.1. The molecule has 3 unspecified atom stereocenters. The summed E-state index contributed by atoms with van der Waals surface area (Å²) in [5, 5.41) is 7.48. The molecule has 3 heterocycles. The molecule has 2 aliphatic heterocycles. The molecule has 0 aromatic carbocycles. The van der Waals surface area contributed by atoms with E-state index in [9.17, 15) is 4.79 Å². The zero-order valence-electron chi connectivity index (χ0n) is 13.8. The van der Waals surface area contributed by atoms with E-state index in [1.807, 2.05) is 11.8 Å². The lowest BCUT2D eigenvalue weighted by Crippen LogP contribution is -2.48. The maximum atomic E-state index is 12.8. The molecule has 0 radical (unpaired) electrons. The zero-order chi connectivity index (χ0) is 15.8. The predicted octanol–water partition coefficient (Wildman–Crippen LogP) is 2.00. The molecular weight excluding hydrogens is 292 g/mol. The molecule has 3 aliphatic rings. The second-order valence-corrected chi connectivity index (χ2v) is 7.39. The number of hydrogen-bond acceptors (Lipinski definition) is 5. The second-order valence-electron chi connectivity index (χ2n) is 7.39. The molecule has 23 heavy (non-hydrogen) atoms. The van der Waals surface area contributed by atoms with Gasteiger partial charge in [-0.1, -0.05) is 18.0 Å². The third-order valence-electron chi connectivity index (χ3n) is 5.86. The van der Waals surface area contributed by atoms with Crippen LogP contribution in [0.4, 0.5) is 0 Å². The van der Waals surface area contributed by atoms with Crippen LogP contribution in [0, 0.1) is 12.8 Å². The summed E-state index contributed by atoms with van der Waals surface area (Å²) in [6.07, 6.45) is 8.06. The fraction of sp³-hybridized carbons (Fsp3) is 0.824. The van der Waals surface area contributed by atoms with Crippen LogP contribution in [0.15, 0.2) is 4.52 Å². The summed E-state index contributed by atoms with van der Waals surface area (Å²) in [6, 6.07) is 0.627. The van der Waals surface area contributed by atoms with E-state index in [4.69, 9.17) is 4.52 Å². The second kappa shape index (κ2) is 6.23. The van der Waals surface area contributed by atoms with Crippen LogP contribution < -0.4 is 5.32 Å². The highest BCUT2D eigenvalue weighted by Crippen LogP contribution is 2.34. The Hall–Kier alpha value is -1.43. The average Bonchev–Trinajstić information content (AvgIpc) is 3.20. The van der Waals surface area contributed by atoms with E-state index in [2.05, 4.69) is 15.5 Å². The van der Waals surface area contributed by atoms with Gasteiger partial charge >= 0.3 is 0 Å². The molecule has 1 N–H and O–H groups in total. The van der Waals surface area contributed by atoms with Crippen molar-refractivity contribution in [3.05, 3.63) is 11.7 Å². The molecule has 1 saturated carbocycles. The summed E-state index contributed by atoms with van der Waals surface area (Å²) in [7, 11) is 0. The molecule has 6 nitrogen and oxygen atoms in total. The van der Waals surface area contributed by atoms with Crippen LogP contribution in [-0.4, -0.2) is 46.1 Å². The van der Waals surface area contributed by atoms with Gasteiger partial charge in [0.15, 0.2) is 5.82 Å². The standard InChI is InChI=1S/C17H26N4O2/c1-11-18-16(23-20-11)12-6-8-21(9-7-12)17(22)15-10-13-4-2-3-5-14(13)19-15/h12-15,19H,2-10H2,1H3. The first-order valence-electron chi connectivity index (χ1n) is 9.06. The number of carbonyl (C=O) groups is 1. The number of aryl methyl sites for hydroxylation is 1. The van der Waals surface area contributed by atoms with Gasteiger partial charge in [0.05, 0.1) is 6.04 Å². The third-order valence-corrected chi connectivity index (χ3v) is 5.86. The highest BCUT2D eigenvalue weighted by Gasteiger charge is 2.40. The Kier molecular flexibility index (Phi) is 4.09. The van der Waals surface area contributed by atoms with Crippen LogP contribution in [0.5, 0.6) is 0 Å². The quantitative estimate of drug-likeness (QED) is 0.903. The largest absolute Gasteiger partial charge is 0.341 e. The van der Waals surface area contributed by atoms with Gasteiger partial charge in [-0.3, -0.25) is 4.79 Å². The van der Waals surface area contributed by atoms with Crippen LogP contribution >= 0.6 is 0 Å². The molecule has 1 amide bonds. The van der Waals surface area contributed by atoms with E-state index < -0.39 is 0 Å². The molecule has 0 spiro atoms. The average molecular weight is 318 g/mol. The number of nitrogens with one attached hydrogen (secondary N) is 1. The van der Waals surface area contributed by atoms with Gasteiger partial charge in [-0.15, -0.1) is 0 Å². The van der Waals surface area contributed by atoms with E-state index in [1.54, 1.807) is 0 Å². The maximum Gasteiger partial charge on any atom is 0.239 e. The minimum atomic E-state index is 0.0466. The fourth-order valence-corrected chi connectivity index (χ4v) is 4.56. The molecule has 1 aromatic rings. The lowest BCUT2D eigenvalue weighted by atomic mass is 9.85. The van der Waals surface area contributed by atoms with Crippen molar-refractivity contribution in [3.8, 4) is 0 Å². The van der Waals surface area contributed by atoms with E-state index >= 15 is 0 Å². The topological polar surface area (TPSA) is 71.3 Å². The van der Waals surface area contributed by atoms with Crippen molar-refractivity contribution in [3.63, 3.8) is 0 Å². The maximum absolute atomic E-state index is 12.8. The van der Waals surface area contributed by atoms with Crippen LogP contribution in [0.1, 0.15) is 62.6 Å². The fourth-order valence-electron chi connectivity index (χ4n) is 4.56. The Bertz CT molecular complexity index is 551. The smallest absolute Gasteiger partial charge is 0.239 e. The molecule has 3 atom stereocenters. The Morgan fingerprint density at radius 2 is 2.00 bits per heavy atom. The van der Waals surface area contributed by atoms with E-state index in [0.29, 0.717) is 23.7 Å². The van der Waals surface area contributed by atoms with Gasteiger partial charge in [-0.2, -0.15) is 4.98 Å². The van der Waals surface area contributed by atoms with Crippen LogP contribution in [0.2, 0.25) is 0 Å². The molecule has 0 bridgehead atoms. The van der Waals surface area contributed by atoms with Crippen molar-refractivity contribution in [2.75, 3.05) is 13.1 Å². The molecule has 1 aromatic heterocycles. The minimum Gasteiger partial charge on any atom is -0.341 e. The molecule has 6 heteroatoms. The predicted molar refractivity (Wildman–Crippen MR) is 84.9 cm³/mol. The van der Waals surface area contributed by atoms with Gasteiger partial charge in [0.2, 0.25) is 11.8 Å². The molecule has 2 saturated heterocycles. The molecule has 126 valence electrons. The third kappa shape index (κ3) is 3.01. The molecule has 3 fully saturated rings. The number of amides is 1. The van der Waals surface area contributed by atoms with Crippen molar-refractivity contribution < 1.29 is 9.32 Å².